The molecular weight excluding hydrogens is 292 g/mol. The Kier molecular flexibility index (Phi) is 5.32. The standard InChI is InChI=1S/C18H22N2O3/c1-5-16(18(22)23-6-2)20-17(21)10-9-15(19-20)14-11-12(3)7-8-13(14)4/h7-11,16H,5-6H2,1-4H3. The summed E-state index contributed by atoms with van der Waals surface area (Å²) in [5.74, 6) is -0.428. The van der Waals surface area contributed by atoms with Crippen molar-refractivity contribution in [1.29, 1.82) is 0 Å². The van der Waals surface area contributed by atoms with E-state index in [1.54, 1.807) is 13.0 Å². The minimum atomic E-state index is -0.701. The maximum atomic E-state index is 12.2. The minimum Gasteiger partial charge on any atom is -0.464 e. The summed E-state index contributed by atoms with van der Waals surface area (Å²) in [6, 6.07) is 8.52. The third-order valence-electron chi connectivity index (χ3n) is 3.73. The largest absolute Gasteiger partial charge is 0.464 e. The zero-order valence-corrected chi connectivity index (χ0v) is 14.0. The number of carbonyl (C=O) groups excluding carboxylic acids is 1. The number of aromatic nitrogens is 2. The van der Waals surface area contributed by atoms with Gasteiger partial charge in [0, 0.05) is 11.6 Å². The van der Waals surface area contributed by atoms with E-state index < -0.39 is 12.0 Å². The van der Waals surface area contributed by atoms with Crippen LogP contribution in [-0.4, -0.2) is 22.4 Å². The van der Waals surface area contributed by atoms with Gasteiger partial charge in [0.05, 0.1) is 12.3 Å². The average molecular weight is 314 g/mol. The highest BCUT2D eigenvalue weighted by atomic mass is 16.5. The van der Waals surface area contributed by atoms with Gasteiger partial charge in [-0.25, -0.2) is 9.48 Å². The zero-order chi connectivity index (χ0) is 17.0. The molecule has 5 heteroatoms. The number of ether oxygens (including phenoxy) is 1. The van der Waals surface area contributed by atoms with E-state index in [-0.39, 0.29) is 12.2 Å². The lowest BCUT2D eigenvalue weighted by Gasteiger charge is -2.16. The van der Waals surface area contributed by atoms with Crippen molar-refractivity contribution in [3.63, 3.8) is 0 Å². The third-order valence-corrected chi connectivity index (χ3v) is 3.73. The molecule has 0 spiro atoms. The third kappa shape index (κ3) is 3.67. The smallest absolute Gasteiger partial charge is 0.331 e. The minimum absolute atomic E-state index is 0.279. The summed E-state index contributed by atoms with van der Waals surface area (Å²) < 4.78 is 6.29. The van der Waals surface area contributed by atoms with Crippen molar-refractivity contribution in [2.24, 2.45) is 0 Å². The van der Waals surface area contributed by atoms with E-state index in [0.29, 0.717) is 12.1 Å². The summed E-state index contributed by atoms with van der Waals surface area (Å²) in [7, 11) is 0. The summed E-state index contributed by atoms with van der Waals surface area (Å²) in [4.78, 5) is 24.2. The normalized spacial score (nSPS) is 12.0. The molecule has 0 radical (unpaired) electrons. The van der Waals surface area contributed by atoms with E-state index in [0.717, 1.165) is 16.7 Å². The Labute approximate surface area is 135 Å². The molecule has 0 fully saturated rings. The molecule has 0 N–H and O–H groups in total. The Balaban J connectivity index is 2.52. The number of esters is 1. The first kappa shape index (κ1) is 16.9. The second-order valence-electron chi connectivity index (χ2n) is 5.50. The Morgan fingerprint density at radius 1 is 1.22 bits per heavy atom. The fourth-order valence-electron chi connectivity index (χ4n) is 2.48. The molecule has 122 valence electrons. The average Bonchev–Trinajstić information content (AvgIpc) is 2.52. The van der Waals surface area contributed by atoms with Crippen LogP contribution in [0.1, 0.15) is 37.4 Å². The van der Waals surface area contributed by atoms with Crippen molar-refractivity contribution < 1.29 is 9.53 Å². The molecule has 2 aromatic rings. The molecule has 2 rings (SSSR count). The van der Waals surface area contributed by atoms with Crippen molar-refractivity contribution in [2.75, 3.05) is 6.61 Å². The molecule has 5 nitrogen and oxygen atoms in total. The molecule has 1 atom stereocenters. The molecule has 1 heterocycles. The van der Waals surface area contributed by atoms with Crippen LogP contribution >= 0.6 is 0 Å². The molecular formula is C18H22N2O3. The molecule has 0 amide bonds. The van der Waals surface area contributed by atoms with Crippen LogP contribution in [0.5, 0.6) is 0 Å². The maximum absolute atomic E-state index is 12.2. The van der Waals surface area contributed by atoms with E-state index >= 15 is 0 Å². The van der Waals surface area contributed by atoms with Gasteiger partial charge in [-0.15, -0.1) is 0 Å². The lowest BCUT2D eigenvalue weighted by atomic mass is 10.0. The Hall–Kier alpha value is -2.43. The van der Waals surface area contributed by atoms with Gasteiger partial charge in [-0.05, 0) is 44.9 Å². The van der Waals surface area contributed by atoms with E-state index in [9.17, 15) is 9.59 Å². The molecule has 0 aliphatic carbocycles. The highest BCUT2D eigenvalue weighted by Gasteiger charge is 2.22. The molecule has 0 bridgehead atoms. The highest BCUT2D eigenvalue weighted by Crippen LogP contribution is 2.22. The first-order valence-electron chi connectivity index (χ1n) is 7.82. The van der Waals surface area contributed by atoms with Crippen LogP contribution in [-0.2, 0) is 9.53 Å². The van der Waals surface area contributed by atoms with Gasteiger partial charge in [-0.2, -0.15) is 5.10 Å². The van der Waals surface area contributed by atoms with E-state index in [1.165, 1.54) is 10.7 Å². The van der Waals surface area contributed by atoms with Gasteiger partial charge in [-0.3, -0.25) is 4.79 Å². The summed E-state index contributed by atoms with van der Waals surface area (Å²) >= 11 is 0. The van der Waals surface area contributed by atoms with Crippen LogP contribution in [0.3, 0.4) is 0 Å². The summed E-state index contributed by atoms with van der Waals surface area (Å²) in [6.45, 7) is 7.86. The van der Waals surface area contributed by atoms with Gasteiger partial charge in [0.1, 0.15) is 0 Å². The molecule has 0 saturated heterocycles. The highest BCUT2D eigenvalue weighted by molar-refractivity contribution is 5.74. The van der Waals surface area contributed by atoms with Gasteiger partial charge >= 0.3 is 5.97 Å². The Morgan fingerprint density at radius 2 is 1.96 bits per heavy atom. The molecule has 1 aromatic heterocycles. The molecule has 0 aliphatic heterocycles. The van der Waals surface area contributed by atoms with E-state index in [1.807, 2.05) is 39.0 Å². The second kappa shape index (κ2) is 7.22. The van der Waals surface area contributed by atoms with Crippen LogP contribution < -0.4 is 5.56 Å². The second-order valence-corrected chi connectivity index (χ2v) is 5.50. The molecule has 1 aromatic carbocycles. The predicted molar refractivity (Wildman–Crippen MR) is 89.4 cm³/mol. The number of hydrogen-bond donors (Lipinski definition) is 0. The zero-order valence-electron chi connectivity index (χ0n) is 14.0. The van der Waals surface area contributed by atoms with E-state index in [4.69, 9.17) is 4.74 Å². The number of rotatable bonds is 5. The summed E-state index contributed by atoms with van der Waals surface area (Å²) in [5.41, 5.74) is 3.50. The summed E-state index contributed by atoms with van der Waals surface area (Å²) in [5, 5.41) is 4.42. The van der Waals surface area contributed by atoms with Crippen molar-refractivity contribution in [1.82, 2.24) is 9.78 Å². The van der Waals surface area contributed by atoms with Gasteiger partial charge in [-0.1, -0.05) is 24.6 Å². The first-order valence-corrected chi connectivity index (χ1v) is 7.82. The van der Waals surface area contributed by atoms with Gasteiger partial charge < -0.3 is 4.74 Å². The topological polar surface area (TPSA) is 61.2 Å². The van der Waals surface area contributed by atoms with Gasteiger partial charge in [0.25, 0.3) is 5.56 Å². The fraction of sp³-hybridized carbons (Fsp3) is 0.389. The van der Waals surface area contributed by atoms with Crippen LogP contribution in [0.15, 0.2) is 35.1 Å². The first-order chi connectivity index (χ1) is 11.0. The monoisotopic (exact) mass is 314 g/mol. The lowest BCUT2D eigenvalue weighted by Crippen LogP contribution is -2.32. The van der Waals surface area contributed by atoms with Crippen molar-refractivity contribution in [3.05, 3.63) is 51.8 Å². The van der Waals surface area contributed by atoms with Crippen LogP contribution in [0.4, 0.5) is 0 Å². The number of nitrogens with zero attached hydrogens (tertiary/aromatic N) is 2. The molecule has 0 aliphatic rings. The lowest BCUT2D eigenvalue weighted by molar-refractivity contribution is -0.147. The predicted octanol–water partition coefficient (Wildman–Crippen LogP) is 3.04. The SMILES string of the molecule is CCOC(=O)C(CC)n1nc(-c2cc(C)ccc2C)ccc1=O. The Bertz CT molecular complexity index is 765. The van der Waals surface area contributed by atoms with Crippen molar-refractivity contribution in [2.45, 2.75) is 40.2 Å². The summed E-state index contributed by atoms with van der Waals surface area (Å²) in [6.07, 6.45) is 0.446. The van der Waals surface area contributed by atoms with Crippen LogP contribution in [0.2, 0.25) is 0 Å². The Morgan fingerprint density at radius 3 is 2.61 bits per heavy atom. The van der Waals surface area contributed by atoms with E-state index in [2.05, 4.69) is 5.10 Å². The van der Waals surface area contributed by atoms with Crippen molar-refractivity contribution in [3.8, 4) is 11.3 Å². The number of aryl methyl sites for hydroxylation is 2. The van der Waals surface area contributed by atoms with Gasteiger partial charge in [0.2, 0.25) is 0 Å². The van der Waals surface area contributed by atoms with Crippen LogP contribution in [0, 0.1) is 13.8 Å². The molecule has 23 heavy (non-hydrogen) atoms. The quantitative estimate of drug-likeness (QED) is 0.796. The molecule has 1 unspecified atom stereocenters. The van der Waals surface area contributed by atoms with Crippen molar-refractivity contribution >= 4 is 5.97 Å². The van der Waals surface area contributed by atoms with Gasteiger partial charge in [0.15, 0.2) is 6.04 Å². The molecule has 0 saturated carbocycles. The number of carbonyl (C=O) groups is 1. The number of hydrogen-bond acceptors (Lipinski definition) is 4. The fourth-order valence-corrected chi connectivity index (χ4v) is 2.48. The number of benzene rings is 1. The maximum Gasteiger partial charge on any atom is 0.331 e. The van der Waals surface area contributed by atoms with Crippen LogP contribution in [0.25, 0.3) is 11.3 Å².